The Morgan fingerprint density at radius 1 is 1.35 bits per heavy atom. The van der Waals surface area contributed by atoms with Crippen molar-refractivity contribution in [2.75, 3.05) is 32.7 Å². The Hall–Kier alpha value is -1.14. The summed E-state index contributed by atoms with van der Waals surface area (Å²) in [7, 11) is 0. The standard InChI is InChI=1S/C11H22N4O2/c1-3-5-13-11(17)14-10(16)8-15(4-2)9-6-12-7-9/h9,12H,3-8H2,1-2H3,(H2,13,14,16,17). The van der Waals surface area contributed by atoms with Gasteiger partial charge in [0.1, 0.15) is 0 Å². The minimum Gasteiger partial charge on any atom is -0.338 e. The molecule has 0 unspecified atom stereocenters. The van der Waals surface area contributed by atoms with Gasteiger partial charge in [0.2, 0.25) is 5.91 Å². The van der Waals surface area contributed by atoms with Gasteiger partial charge in [-0.25, -0.2) is 4.79 Å². The van der Waals surface area contributed by atoms with Crippen molar-refractivity contribution in [1.29, 1.82) is 0 Å². The monoisotopic (exact) mass is 242 g/mol. The van der Waals surface area contributed by atoms with Crippen molar-refractivity contribution in [3.63, 3.8) is 0 Å². The largest absolute Gasteiger partial charge is 0.338 e. The van der Waals surface area contributed by atoms with E-state index in [1.807, 2.05) is 13.8 Å². The summed E-state index contributed by atoms with van der Waals surface area (Å²) < 4.78 is 0. The molecule has 6 nitrogen and oxygen atoms in total. The number of carbonyl (C=O) groups excluding carboxylic acids is 2. The van der Waals surface area contributed by atoms with Gasteiger partial charge in [-0.1, -0.05) is 13.8 Å². The maximum Gasteiger partial charge on any atom is 0.321 e. The van der Waals surface area contributed by atoms with Crippen LogP contribution in [0.4, 0.5) is 4.79 Å². The zero-order valence-electron chi connectivity index (χ0n) is 10.6. The average molecular weight is 242 g/mol. The summed E-state index contributed by atoms with van der Waals surface area (Å²) in [6.45, 7) is 7.50. The molecule has 1 fully saturated rings. The predicted octanol–water partition coefficient (Wildman–Crippen LogP) is -0.484. The van der Waals surface area contributed by atoms with Crippen LogP contribution in [-0.4, -0.2) is 55.6 Å². The highest BCUT2D eigenvalue weighted by Crippen LogP contribution is 2.03. The highest BCUT2D eigenvalue weighted by Gasteiger charge is 2.25. The lowest BCUT2D eigenvalue weighted by molar-refractivity contribution is -0.121. The van der Waals surface area contributed by atoms with Gasteiger partial charge in [-0.05, 0) is 13.0 Å². The molecule has 0 spiro atoms. The third-order valence-electron chi connectivity index (χ3n) is 2.82. The van der Waals surface area contributed by atoms with Gasteiger partial charge < -0.3 is 10.6 Å². The van der Waals surface area contributed by atoms with Gasteiger partial charge in [0.05, 0.1) is 6.54 Å². The van der Waals surface area contributed by atoms with Gasteiger partial charge in [0, 0.05) is 25.7 Å². The number of imide groups is 1. The lowest BCUT2D eigenvalue weighted by Gasteiger charge is -2.37. The van der Waals surface area contributed by atoms with E-state index < -0.39 is 6.03 Å². The summed E-state index contributed by atoms with van der Waals surface area (Å²) in [6, 6.07) is 0.0177. The molecule has 0 aliphatic carbocycles. The Morgan fingerprint density at radius 2 is 2.06 bits per heavy atom. The molecule has 1 rings (SSSR count). The molecular formula is C11H22N4O2. The van der Waals surface area contributed by atoms with Crippen LogP contribution in [0.2, 0.25) is 0 Å². The van der Waals surface area contributed by atoms with Crippen molar-refractivity contribution >= 4 is 11.9 Å². The zero-order valence-corrected chi connectivity index (χ0v) is 10.6. The van der Waals surface area contributed by atoms with E-state index in [0.717, 1.165) is 26.1 Å². The Kier molecular flexibility index (Phi) is 5.93. The van der Waals surface area contributed by atoms with Crippen LogP contribution in [0.15, 0.2) is 0 Å². The summed E-state index contributed by atoms with van der Waals surface area (Å²) in [5.74, 6) is -0.243. The SMILES string of the molecule is CCCNC(=O)NC(=O)CN(CC)C1CNC1. The van der Waals surface area contributed by atoms with Gasteiger partial charge >= 0.3 is 6.03 Å². The van der Waals surface area contributed by atoms with Gasteiger partial charge in [-0.15, -0.1) is 0 Å². The van der Waals surface area contributed by atoms with Crippen molar-refractivity contribution in [3.8, 4) is 0 Å². The number of rotatable bonds is 6. The molecule has 6 heteroatoms. The number of nitrogens with one attached hydrogen (secondary N) is 3. The molecule has 0 bridgehead atoms. The first-order valence-electron chi connectivity index (χ1n) is 6.19. The summed E-state index contributed by atoms with van der Waals surface area (Å²) in [4.78, 5) is 24.9. The molecule has 3 amide bonds. The normalized spacial score (nSPS) is 15.5. The zero-order chi connectivity index (χ0) is 12.7. The van der Waals surface area contributed by atoms with Gasteiger partial charge in [-0.2, -0.15) is 0 Å². The number of carbonyl (C=O) groups is 2. The fraction of sp³-hybridized carbons (Fsp3) is 0.818. The van der Waals surface area contributed by atoms with E-state index in [9.17, 15) is 9.59 Å². The van der Waals surface area contributed by atoms with Crippen LogP contribution >= 0.6 is 0 Å². The van der Waals surface area contributed by atoms with E-state index in [-0.39, 0.29) is 12.5 Å². The van der Waals surface area contributed by atoms with E-state index in [1.165, 1.54) is 0 Å². The lowest BCUT2D eigenvalue weighted by atomic mass is 10.1. The third-order valence-corrected chi connectivity index (χ3v) is 2.82. The molecular weight excluding hydrogens is 220 g/mol. The molecule has 0 saturated carbocycles. The molecule has 0 aromatic heterocycles. The van der Waals surface area contributed by atoms with Gasteiger partial charge in [0.25, 0.3) is 0 Å². The van der Waals surface area contributed by atoms with Gasteiger partial charge in [0.15, 0.2) is 0 Å². The third kappa shape index (κ3) is 4.70. The van der Waals surface area contributed by atoms with Crippen molar-refractivity contribution in [1.82, 2.24) is 20.9 Å². The number of nitrogens with zero attached hydrogens (tertiary/aromatic N) is 1. The second kappa shape index (κ2) is 7.24. The minimum absolute atomic E-state index is 0.243. The maximum absolute atomic E-state index is 11.6. The lowest BCUT2D eigenvalue weighted by Crippen LogP contribution is -2.59. The second-order valence-corrected chi connectivity index (χ2v) is 4.18. The Labute approximate surface area is 102 Å². The van der Waals surface area contributed by atoms with E-state index >= 15 is 0 Å². The van der Waals surface area contributed by atoms with E-state index in [0.29, 0.717) is 12.6 Å². The number of urea groups is 1. The second-order valence-electron chi connectivity index (χ2n) is 4.18. The Bertz CT molecular complexity index is 266. The van der Waals surface area contributed by atoms with Gasteiger partial charge in [-0.3, -0.25) is 15.0 Å². The Balaban J connectivity index is 2.24. The highest BCUT2D eigenvalue weighted by molar-refractivity contribution is 5.95. The summed E-state index contributed by atoms with van der Waals surface area (Å²) in [5, 5.41) is 8.11. The van der Waals surface area contributed by atoms with E-state index in [1.54, 1.807) is 0 Å². The first-order chi connectivity index (χ1) is 8.17. The van der Waals surface area contributed by atoms with Crippen LogP contribution in [-0.2, 0) is 4.79 Å². The van der Waals surface area contributed by atoms with Crippen LogP contribution in [0.25, 0.3) is 0 Å². The molecule has 1 aliphatic heterocycles. The molecule has 0 aromatic carbocycles. The first kappa shape index (κ1) is 13.9. The molecule has 17 heavy (non-hydrogen) atoms. The van der Waals surface area contributed by atoms with Crippen LogP contribution in [0.5, 0.6) is 0 Å². The van der Waals surface area contributed by atoms with Crippen LogP contribution in [0.1, 0.15) is 20.3 Å². The van der Waals surface area contributed by atoms with E-state index in [2.05, 4.69) is 20.9 Å². The van der Waals surface area contributed by atoms with Crippen LogP contribution in [0.3, 0.4) is 0 Å². The quantitative estimate of drug-likeness (QED) is 0.588. The topological polar surface area (TPSA) is 73.5 Å². The van der Waals surface area contributed by atoms with Crippen LogP contribution < -0.4 is 16.0 Å². The summed E-state index contributed by atoms with van der Waals surface area (Å²) in [6.07, 6.45) is 0.858. The van der Waals surface area contributed by atoms with Crippen molar-refractivity contribution in [2.45, 2.75) is 26.3 Å². The van der Waals surface area contributed by atoms with Crippen LogP contribution in [0, 0.1) is 0 Å². The Morgan fingerprint density at radius 3 is 2.53 bits per heavy atom. The summed E-state index contributed by atoms with van der Waals surface area (Å²) in [5.41, 5.74) is 0. The molecule has 1 heterocycles. The molecule has 0 aromatic rings. The van der Waals surface area contributed by atoms with E-state index in [4.69, 9.17) is 0 Å². The number of likely N-dealkylation sites (N-methyl/N-ethyl adjacent to an activating group) is 1. The number of amides is 3. The smallest absolute Gasteiger partial charge is 0.321 e. The molecule has 0 atom stereocenters. The maximum atomic E-state index is 11.6. The fourth-order valence-electron chi connectivity index (χ4n) is 1.66. The van der Waals surface area contributed by atoms with Crippen molar-refractivity contribution in [2.24, 2.45) is 0 Å². The molecule has 1 saturated heterocycles. The number of hydrogen-bond acceptors (Lipinski definition) is 4. The molecule has 3 N–H and O–H groups in total. The first-order valence-corrected chi connectivity index (χ1v) is 6.19. The molecule has 1 aliphatic rings. The van der Waals surface area contributed by atoms with Crippen molar-refractivity contribution in [3.05, 3.63) is 0 Å². The summed E-state index contributed by atoms with van der Waals surface area (Å²) >= 11 is 0. The molecule has 0 radical (unpaired) electrons. The van der Waals surface area contributed by atoms with Crippen molar-refractivity contribution < 1.29 is 9.59 Å². The predicted molar refractivity (Wildman–Crippen MR) is 65.7 cm³/mol. The fourth-order valence-corrected chi connectivity index (χ4v) is 1.66. The highest BCUT2D eigenvalue weighted by atomic mass is 16.2. The average Bonchev–Trinajstić information content (AvgIpc) is 2.22. The number of hydrogen-bond donors (Lipinski definition) is 3. The molecule has 98 valence electrons. The minimum atomic E-state index is -0.403.